The number of ether oxygens (including phenoxy) is 1. The van der Waals surface area contributed by atoms with Gasteiger partial charge < -0.3 is 10.5 Å². The molecule has 1 aliphatic heterocycles. The fraction of sp³-hybridized carbons (Fsp3) is 0.278. The molecule has 1 heterocycles. The second-order valence-electron chi connectivity index (χ2n) is 6.18. The van der Waals surface area contributed by atoms with Gasteiger partial charge in [-0.3, -0.25) is 0 Å². The molecule has 0 spiro atoms. The van der Waals surface area contributed by atoms with Crippen LogP contribution in [-0.2, 0) is 26.9 Å². The van der Waals surface area contributed by atoms with Gasteiger partial charge in [0.15, 0.2) is 0 Å². The van der Waals surface area contributed by atoms with Crippen molar-refractivity contribution in [3.8, 4) is 0 Å². The first-order valence-corrected chi connectivity index (χ1v) is 9.64. The maximum atomic E-state index is 14.5. The van der Waals surface area contributed by atoms with E-state index in [4.69, 9.17) is 10.5 Å². The largest absolute Gasteiger partial charge is 0.374 e. The van der Waals surface area contributed by atoms with E-state index < -0.39 is 27.1 Å². The standard InChI is InChI=1S/C18H20FN3O3S/c1-22-17(20)21-18(13-26(22,23)24,15-9-5-6-10-16(15)19)12-25-11-14-7-3-2-4-8-14/h2-10H,11-13H2,1H3,(H2,20,21)/t18-/m0/s1. The summed E-state index contributed by atoms with van der Waals surface area (Å²) in [5.41, 5.74) is 5.45. The Morgan fingerprint density at radius 1 is 1.19 bits per heavy atom. The van der Waals surface area contributed by atoms with Gasteiger partial charge in [0.1, 0.15) is 17.1 Å². The summed E-state index contributed by atoms with van der Waals surface area (Å²) in [6.45, 7) is 0.138. The molecule has 138 valence electrons. The van der Waals surface area contributed by atoms with E-state index in [-0.39, 0.29) is 24.7 Å². The van der Waals surface area contributed by atoms with Crippen molar-refractivity contribution < 1.29 is 17.5 Å². The van der Waals surface area contributed by atoms with E-state index in [1.165, 1.54) is 25.2 Å². The van der Waals surface area contributed by atoms with E-state index >= 15 is 0 Å². The maximum Gasteiger partial charge on any atom is 0.240 e. The van der Waals surface area contributed by atoms with E-state index in [2.05, 4.69) is 4.99 Å². The van der Waals surface area contributed by atoms with E-state index in [0.717, 1.165) is 9.87 Å². The number of nitrogens with two attached hydrogens (primary N) is 1. The summed E-state index contributed by atoms with van der Waals surface area (Å²) in [4.78, 5) is 4.33. The lowest BCUT2D eigenvalue weighted by atomic mass is 9.92. The second-order valence-corrected chi connectivity index (χ2v) is 8.18. The molecule has 0 saturated carbocycles. The Bertz CT molecular complexity index is 918. The van der Waals surface area contributed by atoms with Crippen molar-refractivity contribution in [2.24, 2.45) is 10.7 Å². The van der Waals surface area contributed by atoms with Crippen LogP contribution in [0.3, 0.4) is 0 Å². The average Bonchev–Trinajstić information content (AvgIpc) is 2.61. The number of aliphatic imine (C=N–C) groups is 1. The van der Waals surface area contributed by atoms with Crippen LogP contribution in [0.4, 0.5) is 4.39 Å². The normalized spacial score (nSPS) is 22.1. The van der Waals surface area contributed by atoms with Crippen LogP contribution in [0.2, 0.25) is 0 Å². The summed E-state index contributed by atoms with van der Waals surface area (Å²) >= 11 is 0. The van der Waals surface area contributed by atoms with Gasteiger partial charge in [-0.25, -0.2) is 22.1 Å². The third kappa shape index (κ3) is 3.56. The van der Waals surface area contributed by atoms with Crippen molar-refractivity contribution in [3.05, 3.63) is 71.5 Å². The number of benzene rings is 2. The molecule has 0 radical (unpaired) electrons. The van der Waals surface area contributed by atoms with Gasteiger partial charge in [-0.15, -0.1) is 0 Å². The zero-order valence-electron chi connectivity index (χ0n) is 14.3. The minimum Gasteiger partial charge on any atom is -0.374 e. The molecule has 6 nitrogen and oxygen atoms in total. The lowest BCUT2D eigenvalue weighted by molar-refractivity contribution is 0.0776. The molecule has 0 bridgehead atoms. The Morgan fingerprint density at radius 2 is 1.85 bits per heavy atom. The van der Waals surface area contributed by atoms with E-state index in [9.17, 15) is 12.8 Å². The minimum atomic E-state index is -3.75. The van der Waals surface area contributed by atoms with Crippen LogP contribution < -0.4 is 5.73 Å². The van der Waals surface area contributed by atoms with Crippen LogP contribution in [0, 0.1) is 5.82 Å². The highest BCUT2D eigenvalue weighted by molar-refractivity contribution is 7.89. The van der Waals surface area contributed by atoms with E-state index in [0.29, 0.717) is 0 Å². The van der Waals surface area contributed by atoms with Gasteiger partial charge in [0.2, 0.25) is 16.0 Å². The third-order valence-electron chi connectivity index (χ3n) is 4.32. The van der Waals surface area contributed by atoms with Crippen LogP contribution in [0.5, 0.6) is 0 Å². The number of rotatable bonds is 5. The maximum absolute atomic E-state index is 14.5. The van der Waals surface area contributed by atoms with Gasteiger partial charge in [-0.1, -0.05) is 48.5 Å². The van der Waals surface area contributed by atoms with Crippen LogP contribution in [0.15, 0.2) is 59.6 Å². The summed E-state index contributed by atoms with van der Waals surface area (Å²) < 4.78 is 46.1. The SMILES string of the molecule is CN1C(N)=N[C@](COCc2ccccc2)(c2ccccc2F)CS1(=O)=O. The summed E-state index contributed by atoms with van der Waals surface area (Å²) in [5.74, 6) is -1.16. The number of hydrogen-bond acceptors (Lipinski definition) is 5. The minimum absolute atomic E-state index is 0.114. The summed E-state index contributed by atoms with van der Waals surface area (Å²) in [7, 11) is -2.42. The molecule has 0 aliphatic carbocycles. The third-order valence-corrected chi connectivity index (χ3v) is 6.18. The first kappa shape index (κ1) is 18.3. The fourth-order valence-corrected chi connectivity index (χ4v) is 4.33. The average molecular weight is 377 g/mol. The van der Waals surface area contributed by atoms with Crippen molar-refractivity contribution in [2.45, 2.75) is 12.1 Å². The Morgan fingerprint density at radius 3 is 2.50 bits per heavy atom. The highest BCUT2D eigenvalue weighted by Gasteiger charge is 2.45. The number of halogens is 1. The van der Waals surface area contributed by atoms with Crippen molar-refractivity contribution in [1.82, 2.24) is 4.31 Å². The molecule has 0 amide bonds. The van der Waals surface area contributed by atoms with Crippen molar-refractivity contribution >= 4 is 16.0 Å². The monoisotopic (exact) mass is 377 g/mol. The molecule has 1 aliphatic rings. The summed E-state index contributed by atoms with van der Waals surface area (Å²) in [5, 5.41) is 0. The molecule has 2 aromatic carbocycles. The smallest absolute Gasteiger partial charge is 0.240 e. The number of guanidine groups is 1. The molecule has 0 fully saturated rings. The summed E-state index contributed by atoms with van der Waals surface area (Å²) in [6.07, 6.45) is 0. The second kappa shape index (κ2) is 7.05. The molecule has 2 aromatic rings. The van der Waals surface area contributed by atoms with Crippen LogP contribution in [0.1, 0.15) is 11.1 Å². The fourth-order valence-electron chi connectivity index (χ4n) is 2.90. The quantitative estimate of drug-likeness (QED) is 0.861. The molecule has 3 rings (SSSR count). The van der Waals surface area contributed by atoms with Gasteiger partial charge >= 0.3 is 0 Å². The van der Waals surface area contributed by atoms with Gasteiger partial charge in [-0.2, -0.15) is 0 Å². The van der Waals surface area contributed by atoms with Crippen molar-refractivity contribution in [1.29, 1.82) is 0 Å². The van der Waals surface area contributed by atoms with E-state index in [1.54, 1.807) is 6.07 Å². The molecular weight excluding hydrogens is 357 g/mol. The molecule has 0 aromatic heterocycles. The zero-order valence-corrected chi connectivity index (χ0v) is 15.1. The first-order chi connectivity index (χ1) is 12.3. The number of nitrogens with zero attached hydrogens (tertiary/aromatic N) is 2. The Hall–Kier alpha value is -2.45. The lowest BCUT2D eigenvalue weighted by Crippen LogP contribution is -2.53. The molecule has 2 N–H and O–H groups in total. The highest BCUT2D eigenvalue weighted by Crippen LogP contribution is 2.34. The van der Waals surface area contributed by atoms with Crippen molar-refractivity contribution in [2.75, 3.05) is 19.4 Å². The van der Waals surface area contributed by atoms with Crippen molar-refractivity contribution in [3.63, 3.8) is 0 Å². The molecular formula is C18H20FN3O3S. The van der Waals surface area contributed by atoms with E-state index in [1.807, 2.05) is 30.3 Å². The Balaban J connectivity index is 1.97. The first-order valence-electron chi connectivity index (χ1n) is 8.03. The number of sulfonamides is 1. The predicted molar refractivity (Wildman–Crippen MR) is 97.3 cm³/mol. The molecule has 1 atom stereocenters. The Labute approximate surface area is 152 Å². The van der Waals surface area contributed by atoms with Crippen LogP contribution in [0.25, 0.3) is 0 Å². The topological polar surface area (TPSA) is 85.0 Å². The van der Waals surface area contributed by atoms with Gasteiger partial charge in [0.05, 0.1) is 13.2 Å². The van der Waals surface area contributed by atoms with Gasteiger partial charge in [-0.05, 0) is 11.6 Å². The van der Waals surface area contributed by atoms with Crippen LogP contribution >= 0.6 is 0 Å². The molecule has 26 heavy (non-hydrogen) atoms. The summed E-state index contributed by atoms with van der Waals surface area (Å²) in [6, 6.07) is 15.4. The molecule has 8 heteroatoms. The van der Waals surface area contributed by atoms with Gasteiger partial charge in [0.25, 0.3) is 0 Å². The van der Waals surface area contributed by atoms with Crippen LogP contribution in [-0.4, -0.2) is 38.1 Å². The molecule has 0 saturated heterocycles. The number of hydrogen-bond donors (Lipinski definition) is 1. The predicted octanol–water partition coefficient (Wildman–Crippen LogP) is 1.83. The Kier molecular flexibility index (Phi) is 4.97. The van der Waals surface area contributed by atoms with Gasteiger partial charge in [0, 0.05) is 12.6 Å². The zero-order chi connectivity index (χ0) is 18.8. The highest BCUT2D eigenvalue weighted by atomic mass is 32.2. The molecule has 0 unspecified atom stereocenters. The lowest BCUT2D eigenvalue weighted by Gasteiger charge is -2.37.